The molecule has 0 aliphatic heterocycles. The third-order valence-electron chi connectivity index (χ3n) is 5.48. The molecule has 7 nitrogen and oxygen atoms in total. The summed E-state index contributed by atoms with van der Waals surface area (Å²) >= 11 is 0. The quantitative estimate of drug-likeness (QED) is 0.234. The van der Waals surface area contributed by atoms with Gasteiger partial charge in [-0.2, -0.15) is 5.26 Å². The van der Waals surface area contributed by atoms with Crippen LogP contribution in [0, 0.1) is 18.3 Å². The topological polar surface area (TPSA) is 108 Å². The number of hydrogen-bond donors (Lipinski definition) is 2. The predicted octanol–water partition coefficient (Wildman–Crippen LogP) is 4.33. The van der Waals surface area contributed by atoms with Crippen LogP contribution in [0.25, 0.3) is 6.08 Å². The highest BCUT2D eigenvalue weighted by Crippen LogP contribution is 2.27. The Morgan fingerprint density at radius 2 is 1.81 bits per heavy atom. The van der Waals surface area contributed by atoms with E-state index in [0.717, 1.165) is 48.3 Å². The maximum atomic E-state index is 12.1. The Morgan fingerprint density at radius 3 is 2.41 bits per heavy atom. The lowest BCUT2D eigenvalue weighted by atomic mass is 9.98. The molecule has 0 saturated carbocycles. The molecule has 32 heavy (non-hydrogen) atoms. The van der Waals surface area contributed by atoms with Gasteiger partial charge >= 0.3 is 11.9 Å². The van der Waals surface area contributed by atoms with Crippen LogP contribution in [-0.2, 0) is 44.7 Å². The predicted molar refractivity (Wildman–Crippen MR) is 123 cm³/mol. The number of nitrogens with zero attached hydrogens (tertiary/aromatic N) is 1. The molecule has 0 fully saturated rings. The van der Waals surface area contributed by atoms with Crippen LogP contribution in [-0.4, -0.2) is 35.1 Å². The molecule has 0 bridgehead atoms. The zero-order chi connectivity index (χ0) is 23.7. The number of aryl methyl sites for hydroxylation is 1. The summed E-state index contributed by atoms with van der Waals surface area (Å²) in [5, 5.41) is 9.42. The second-order valence-electron chi connectivity index (χ2n) is 7.62. The Kier molecular flexibility index (Phi) is 9.33. The summed E-state index contributed by atoms with van der Waals surface area (Å²) in [7, 11) is 0. The molecule has 172 valence electrons. The van der Waals surface area contributed by atoms with Crippen LogP contribution in [0.15, 0.2) is 11.8 Å². The molecule has 7 heteroatoms. The van der Waals surface area contributed by atoms with E-state index in [0.29, 0.717) is 13.0 Å². The van der Waals surface area contributed by atoms with Gasteiger partial charge in [-0.15, -0.1) is 0 Å². The van der Waals surface area contributed by atoms with Gasteiger partial charge in [-0.1, -0.05) is 13.8 Å². The zero-order valence-corrected chi connectivity index (χ0v) is 19.7. The van der Waals surface area contributed by atoms with Crippen molar-refractivity contribution >= 4 is 18.0 Å². The smallest absolute Gasteiger partial charge is 0.348 e. The summed E-state index contributed by atoms with van der Waals surface area (Å²) in [6, 6.07) is 1.96. The molecule has 0 radical (unpaired) electrons. The van der Waals surface area contributed by atoms with E-state index in [4.69, 9.17) is 9.47 Å². The number of carbonyl (C=O) groups excluding carboxylic acids is 2. The lowest BCUT2D eigenvalue weighted by Crippen LogP contribution is -2.06. The Hall–Kier alpha value is -3.27. The summed E-state index contributed by atoms with van der Waals surface area (Å²) in [6.45, 7) is 10.0. The van der Waals surface area contributed by atoms with Crippen LogP contribution in [0.1, 0.15) is 73.5 Å². The van der Waals surface area contributed by atoms with E-state index in [9.17, 15) is 14.9 Å². The fourth-order valence-electron chi connectivity index (χ4n) is 4.01. The van der Waals surface area contributed by atoms with Crippen LogP contribution in [0.2, 0.25) is 0 Å². The van der Waals surface area contributed by atoms with Crippen LogP contribution in [0.3, 0.4) is 0 Å². The molecule has 2 aromatic rings. The monoisotopic (exact) mass is 439 g/mol. The molecule has 0 aliphatic rings. The Labute approximate surface area is 189 Å². The van der Waals surface area contributed by atoms with Crippen molar-refractivity contribution in [1.82, 2.24) is 9.97 Å². The van der Waals surface area contributed by atoms with Crippen molar-refractivity contribution in [2.75, 3.05) is 13.2 Å². The molecular formula is C25H33N3O4. The molecule has 2 aromatic heterocycles. The minimum Gasteiger partial charge on any atom is -0.466 e. The first-order valence-corrected chi connectivity index (χ1v) is 11.2. The van der Waals surface area contributed by atoms with Crippen molar-refractivity contribution in [2.24, 2.45) is 0 Å². The fraction of sp³-hybridized carbons (Fsp3) is 0.480. The van der Waals surface area contributed by atoms with E-state index in [1.807, 2.05) is 12.3 Å². The number of ether oxygens (including phenoxy) is 2. The van der Waals surface area contributed by atoms with Crippen LogP contribution >= 0.6 is 0 Å². The first-order chi connectivity index (χ1) is 15.4. The highest BCUT2D eigenvalue weighted by atomic mass is 16.5. The van der Waals surface area contributed by atoms with Crippen LogP contribution in [0.5, 0.6) is 0 Å². The Balaban J connectivity index is 2.35. The average molecular weight is 440 g/mol. The summed E-state index contributed by atoms with van der Waals surface area (Å²) in [4.78, 5) is 29.9. The number of hydrogen-bond acceptors (Lipinski definition) is 5. The standard InChI is InChI=1S/C25H33N3O4/c1-6-19-20(7-2)24(28-23(19)12-18(14-26)25(30)31-8-3)13-22-21(16(4)15-27-22)10-9-11-32-17(5)29/h12,15,27-28H,6-11,13H2,1-5H3/b18-12+. The molecule has 0 aromatic carbocycles. The number of nitriles is 1. The molecule has 2 heterocycles. The molecule has 0 atom stereocenters. The Morgan fingerprint density at radius 1 is 1.09 bits per heavy atom. The third kappa shape index (κ3) is 6.13. The van der Waals surface area contributed by atoms with Crippen molar-refractivity contribution in [1.29, 1.82) is 5.26 Å². The number of carbonyl (C=O) groups is 2. The van der Waals surface area contributed by atoms with Gasteiger partial charge in [-0.3, -0.25) is 4.79 Å². The number of aromatic nitrogens is 2. The van der Waals surface area contributed by atoms with Gasteiger partial charge in [-0.25, -0.2) is 4.79 Å². The second kappa shape index (κ2) is 11.9. The maximum Gasteiger partial charge on any atom is 0.348 e. The van der Waals surface area contributed by atoms with Gasteiger partial charge in [0.15, 0.2) is 0 Å². The van der Waals surface area contributed by atoms with E-state index in [1.165, 1.54) is 23.6 Å². The van der Waals surface area contributed by atoms with Gasteiger partial charge < -0.3 is 19.4 Å². The van der Waals surface area contributed by atoms with Gasteiger partial charge in [0.2, 0.25) is 0 Å². The van der Waals surface area contributed by atoms with E-state index >= 15 is 0 Å². The minimum absolute atomic E-state index is 0.0149. The Bertz CT molecular complexity index is 1020. The van der Waals surface area contributed by atoms with Crippen molar-refractivity contribution in [3.8, 4) is 6.07 Å². The average Bonchev–Trinajstić information content (AvgIpc) is 3.28. The molecule has 2 rings (SSSR count). The minimum atomic E-state index is -0.610. The molecule has 0 spiro atoms. The normalized spacial score (nSPS) is 11.3. The van der Waals surface area contributed by atoms with E-state index < -0.39 is 5.97 Å². The van der Waals surface area contributed by atoms with Crippen LogP contribution < -0.4 is 0 Å². The van der Waals surface area contributed by atoms with Gasteiger partial charge in [0, 0.05) is 36.6 Å². The summed E-state index contributed by atoms with van der Waals surface area (Å²) in [5.41, 5.74) is 7.68. The van der Waals surface area contributed by atoms with Crippen LogP contribution in [0.4, 0.5) is 0 Å². The van der Waals surface area contributed by atoms with E-state index in [2.05, 4.69) is 30.7 Å². The summed E-state index contributed by atoms with van der Waals surface area (Å²) in [5.74, 6) is -0.872. The van der Waals surface area contributed by atoms with Crippen molar-refractivity contribution in [3.05, 3.63) is 51.1 Å². The van der Waals surface area contributed by atoms with E-state index in [1.54, 1.807) is 13.0 Å². The fourth-order valence-corrected chi connectivity index (χ4v) is 4.01. The SMILES string of the molecule is CCOC(=O)/C(C#N)=C/c1[nH]c(Cc2[nH]cc(C)c2CCCOC(C)=O)c(CC)c1CC. The van der Waals surface area contributed by atoms with E-state index in [-0.39, 0.29) is 18.1 Å². The summed E-state index contributed by atoms with van der Waals surface area (Å²) < 4.78 is 10.1. The lowest BCUT2D eigenvalue weighted by molar-refractivity contribution is -0.141. The molecular weight excluding hydrogens is 406 g/mol. The highest BCUT2D eigenvalue weighted by Gasteiger charge is 2.19. The maximum absolute atomic E-state index is 12.1. The number of esters is 2. The molecule has 0 amide bonds. The number of H-pyrrole nitrogens is 2. The number of aromatic amines is 2. The molecule has 2 N–H and O–H groups in total. The van der Waals surface area contributed by atoms with Gasteiger partial charge in [0.1, 0.15) is 11.6 Å². The van der Waals surface area contributed by atoms with Gasteiger partial charge in [0.25, 0.3) is 0 Å². The lowest BCUT2D eigenvalue weighted by Gasteiger charge is -2.08. The first kappa shape index (κ1) is 25.0. The molecule has 0 aliphatic carbocycles. The zero-order valence-electron chi connectivity index (χ0n) is 19.7. The summed E-state index contributed by atoms with van der Waals surface area (Å²) in [6.07, 6.45) is 7.48. The number of nitrogens with one attached hydrogen (secondary N) is 2. The largest absolute Gasteiger partial charge is 0.466 e. The van der Waals surface area contributed by atoms with Crippen molar-refractivity contribution in [3.63, 3.8) is 0 Å². The molecule has 0 saturated heterocycles. The first-order valence-electron chi connectivity index (χ1n) is 11.2. The number of rotatable bonds is 11. The van der Waals surface area contributed by atoms with Crippen molar-refractivity contribution in [2.45, 2.75) is 66.7 Å². The van der Waals surface area contributed by atoms with Gasteiger partial charge in [0.05, 0.1) is 13.2 Å². The second-order valence-corrected chi connectivity index (χ2v) is 7.62. The highest BCUT2D eigenvalue weighted by molar-refractivity contribution is 5.97. The third-order valence-corrected chi connectivity index (χ3v) is 5.48. The van der Waals surface area contributed by atoms with Gasteiger partial charge in [-0.05, 0) is 67.9 Å². The molecule has 0 unspecified atom stereocenters. The van der Waals surface area contributed by atoms with Crippen molar-refractivity contribution < 1.29 is 19.1 Å².